The van der Waals surface area contributed by atoms with E-state index < -0.39 is 5.82 Å². The molecule has 1 aliphatic carbocycles. The average Bonchev–Trinajstić information content (AvgIpc) is 3.40. The van der Waals surface area contributed by atoms with Gasteiger partial charge in [-0.1, -0.05) is 36.4 Å². The second-order valence-electron chi connectivity index (χ2n) is 11.5. The van der Waals surface area contributed by atoms with Gasteiger partial charge in [-0.2, -0.15) is 9.97 Å². The summed E-state index contributed by atoms with van der Waals surface area (Å²) in [6.07, 6.45) is 7.62. The van der Waals surface area contributed by atoms with Crippen LogP contribution in [0, 0.1) is 5.82 Å². The fourth-order valence-electron chi connectivity index (χ4n) is 6.67. The van der Waals surface area contributed by atoms with Crippen LogP contribution in [-0.4, -0.2) is 77.6 Å². The number of carbonyl (C=O) groups is 1. The maximum atomic E-state index is 16.7. The van der Waals surface area contributed by atoms with Crippen molar-refractivity contribution in [3.05, 3.63) is 58.9 Å². The Morgan fingerprint density at radius 3 is 2.78 bits per heavy atom. The lowest BCUT2D eigenvalue weighted by Gasteiger charge is -2.40. The number of aromatic nitrogens is 2. The number of carbonyl (C=O) groups excluding carboxylic acids is 1. The predicted molar refractivity (Wildman–Crippen MR) is 161 cm³/mol. The monoisotopic (exact) mass is 577 g/mol. The number of halogens is 2. The summed E-state index contributed by atoms with van der Waals surface area (Å²) >= 11 is 6.90. The summed E-state index contributed by atoms with van der Waals surface area (Å²) < 4.78 is 22.9. The average molecular weight is 578 g/mol. The number of nitrogens with zero attached hydrogens (tertiary/aromatic N) is 5. The Kier molecular flexibility index (Phi) is 7.88. The first-order valence-electron chi connectivity index (χ1n) is 14.7. The van der Waals surface area contributed by atoms with E-state index in [1.807, 2.05) is 19.1 Å². The van der Waals surface area contributed by atoms with Crippen LogP contribution in [0.2, 0.25) is 5.02 Å². The third-order valence-electron chi connectivity index (χ3n) is 8.97. The van der Waals surface area contributed by atoms with Gasteiger partial charge in [-0.05, 0) is 87.9 Å². The highest BCUT2D eigenvalue weighted by atomic mass is 35.5. The smallest absolute Gasteiger partial charge is 0.319 e. The van der Waals surface area contributed by atoms with Crippen LogP contribution in [-0.2, 0) is 17.6 Å². The minimum atomic E-state index is -0.453. The fourth-order valence-corrected chi connectivity index (χ4v) is 6.96. The van der Waals surface area contributed by atoms with Gasteiger partial charge in [-0.15, -0.1) is 0 Å². The predicted octanol–water partition coefficient (Wildman–Crippen LogP) is 5.66. The molecule has 2 saturated heterocycles. The second-order valence-corrected chi connectivity index (χ2v) is 11.9. The highest BCUT2D eigenvalue weighted by Crippen LogP contribution is 2.42. The number of hydrogen-bond acceptors (Lipinski definition) is 6. The Hall–Kier alpha value is -3.23. The van der Waals surface area contributed by atoms with Crippen molar-refractivity contribution in [2.24, 2.45) is 0 Å². The molecule has 7 nitrogen and oxygen atoms in total. The van der Waals surface area contributed by atoms with Gasteiger partial charge >= 0.3 is 6.01 Å². The number of likely N-dealkylation sites (N-methyl/N-ethyl adjacent to an activating group) is 1. The summed E-state index contributed by atoms with van der Waals surface area (Å²) in [5.41, 5.74) is 3.86. The minimum absolute atomic E-state index is 0.0674. The molecule has 1 aromatic heterocycles. The lowest BCUT2D eigenvalue weighted by molar-refractivity contribution is -0.126. The zero-order chi connectivity index (χ0) is 28.7. The molecule has 216 valence electrons. The van der Waals surface area contributed by atoms with Crippen LogP contribution in [0.3, 0.4) is 0 Å². The largest absolute Gasteiger partial charge is 0.462 e. The first-order chi connectivity index (χ1) is 19.9. The number of fused-ring (bicyclic) bond motifs is 2. The zero-order valence-electron chi connectivity index (χ0n) is 23.8. The van der Waals surface area contributed by atoms with Crippen molar-refractivity contribution in [1.82, 2.24) is 19.8 Å². The molecule has 1 amide bonds. The number of rotatable bonds is 6. The Balaban J connectivity index is 1.46. The molecule has 2 aromatic carbocycles. The van der Waals surface area contributed by atoms with E-state index in [-0.39, 0.29) is 29.5 Å². The van der Waals surface area contributed by atoms with Crippen LogP contribution in [0.1, 0.15) is 43.7 Å². The van der Waals surface area contributed by atoms with Gasteiger partial charge in [0.25, 0.3) is 0 Å². The Morgan fingerprint density at radius 1 is 1.20 bits per heavy atom. The quantitative estimate of drug-likeness (QED) is 0.352. The number of anilines is 1. The molecule has 9 heteroatoms. The van der Waals surface area contributed by atoms with E-state index in [0.717, 1.165) is 50.6 Å². The van der Waals surface area contributed by atoms with Crippen LogP contribution in [0.15, 0.2) is 36.9 Å². The molecule has 2 fully saturated rings. The van der Waals surface area contributed by atoms with Gasteiger partial charge in [0.2, 0.25) is 5.91 Å². The highest BCUT2D eigenvalue weighted by molar-refractivity contribution is 6.34. The van der Waals surface area contributed by atoms with Gasteiger partial charge in [0, 0.05) is 42.7 Å². The second kappa shape index (κ2) is 11.6. The maximum Gasteiger partial charge on any atom is 0.319 e. The van der Waals surface area contributed by atoms with Crippen molar-refractivity contribution in [2.75, 3.05) is 44.7 Å². The van der Waals surface area contributed by atoms with E-state index >= 15 is 4.39 Å². The molecule has 2 aliphatic heterocycles. The summed E-state index contributed by atoms with van der Waals surface area (Å²) in [4.78, 5) is 27.9. The molecule has 41 heavy (non-hydrogen) atoms. The van der Waals surface area contributed by atoms with Crippen LogP contribution in [0.25, 0.3) is 22.0 Å². The van der Waals surface area contributed by atoms with Crippen LogP contribution in [0.5, 0.6) is 6.01 Å². The molecule has 3 aromatic rings. The molecule has 0 radical (unpaired) electrons. The molecule has 6 rings (SSSR count). The molecular formula is C32H37ClFN5O2. The first kappa shape index (κ1) is 27.9. The van der Waals surface area contributed by atoms with E-state index in [0.29, 0.717) is 48.0 Å². The fraction of sp³-hybridized carbons (Fsp3) is 0.469. The summed E-state index contributed by atoms with van der Waals surface area (Å²) in [6.45, 7) is 8.67. The molecule has 0 N–H and O–H groups in total. The first-order valence-corrected chi connectivity index (χ1v) is 15.1. The van der Waals surface area contributed by atoms with Gasteiger partial charge in [0.15, 0.2) is 5.82 Å². The number of aryl methyl sites for hydroxylation is 1. The standard InChI is InChI=1S/C32H37ClFN5O2/c1-4-27(40)38-15-16-39(20(2)18-38)31-25-17-26(33)28(24-13-7-10-21-9-5-6-12-23(21)24)29(34)30(25)35-32(36-31)41-19-22-11-8-14-37(22)3/h4,7,10,13,17,20,22H,1,5-6,8-9,11-12,14-16,18-19H2,2-3H3/t20-,22-/m0/s1. The Bertz CT molecular complexity index is 1500. The van der Waals surface area contributed by atoms with Gasteiger partial charge in [0.05, 0.1) is 5.02 Å². The van der Waals surface area contributed by atoms with Gasteiger partial charge in [0.1, 0.15) is 17.9 Å². The topological polar surface area (TPSA) is 61.8 Å². The number of ether oxygens (including phenoxy) is 1. The number of benzene rings is 2. The van der Waals surface area contributed by atoms with Crippen molar-refractivity contribution in [2.45, 2.75) is 57.5 Å². The van der Waals surface area contributed by atoms with E-state index in [2.05, 4.69) is 34.5 Å². The summed E-state index contributed by atoms with van der Waals surface area (Å²) in [6, 6.07) is 8.25. The molecule has 0 saturated carbocycles. The third kappa shape index (κ3) is 5.28. The summed E-state index contributed by atoms with van der Waals surface area (Å²) in [7, 11) is 2.09. The Morgan fingerprint density at radius 2 is 2.02 bits per heavy atom. The summed E-state index contributed by atoms with van der Waals surface area (Å²) in [5, 5.41) is 0.884. The highest BCUT2D eigenvalue weighted by Gasteiger charge is 2.31. The van der Waals surface area contributed by atoms with Crippen LogP contribution >= 0.6 is 11.6 Å². The SMILES string of the molecule is C=CC(=O)N1CCN(c2nc(OC[C@@H]3CCCN3C)nc3c(F)c(-c4cccc5c4CCCC5)c(Cl)cc23)[C@@H](C)C1. The maximum absolute atomic E-state index is 16.7. The minimum Gasteiger partial charge on any atom is -0.462 e. The molecule has 3 aliphatic rings. The number of amides is 1. The van der Waals surface area contributed by atoms with Gasteiger partial charge < -0.3 is 19.4 Å². The van der Waals surface area contributed by atoms with E-state index in [1.54, 1.807) is 11.0 Å². The van der Waals surface area contributed by atoms with E-state index in [1.165, 1.54) is 17.2 Å². The van der Waals surface area contributed by atoms with Gasteiger partial charge in [-0.25, -0.2) is 4.39 Å². The summed E-state index contributed by atoms with van der Waals surface area (Å²) in [5.74, 6) is 0.0233. The number of hydrogen-bond donors (Lipinski definition) is 0. The van der Waals surface area contributed by atoms with E-state index in [9.17, 15) is 4.79 Å². The Labute approximate surface area is 245 Å². The molecule has 2 atom stereocenters. The molecular weight excluding hydrogens is 541 g/mol. The molecule has 0 unspecified atom stereocenters. The van der Waals surface area contributed by atoms with Crippen molar-refractivity contribution in [1.29, 1.82) is 0 Å². The van der Waals surface area contributed by atoms with Crippen molar-refractivity contribution < 1.29 is 13.9 Å². The van der Waals surface area contributed by atoms with Crippen molar-refractivity contribution in [3.8, 4) is 17.1 Å². The lowest BCUT2D eigenvalue weighted by atomic mass is 9.85. The van der Waals surface area contributed by atoms with Gasteiger partial charge in [-0.3, -0.25) is 4.79 Å². The van der Waals surface area contributed by atoms with Crippen LogP contribution < -0.4 is 9.64 Å². The van der Waals surface area contributed by atoms with Crippen LogP contribution in [0.4, 0.5) is 10.2 Å². The van der Waals surface area contributed by atoms with Crippen molar-refractivity contribution in [3.63, 3.8) is 0 Å². The van der Waals surface area contributed by atoms with E-state index in [4.69, 9.17) is 21.3 Å². The lowest BCUT2D eigenvalue weighted by Crippen LogP contribution is -2.53. The normalized spacial score (nSPS) is 21.3. The molecule has 3 heterocycles. The third-order valence-corrected chi connectivity index (χ3v) is 9.27. The number of piperazine rings is 1. The van der Waals surface area contributed by atoms with Crippen molar-refractivity contribution >= 4 is 34.2 Å². The molecule has 0 spiro atoms. The number of likely N-dealkylation sites (tertiary alicyclic amines) is 1. The molecule has 0 bridgehead atoms. The zero-order valence-corrected chi connectivity index (χ0v) is 24.6.